The number of fused-ring (bicyclic) bond motifs is 1. The molecule has 1 amide bonds. The highest BCUT2D eigenvalue weighted by Crippen LogP contribution is 2.22. The van der Waals surface area contributed by atoms with Gasteiger partial charge in [-0.05, 0) is 41.3 Å². The zero-order valence-electron chi connectivity index (χ0n) is 17.3. The Hall–Kier alpha value is -3.64. The SMILES string of the molecule is O=C(CNc1cccc2ccccc12)N/N=C\c1ccccc1OCc1cccc(Br)c1. The molecule has 4 rings (SSSR count). The van der Waals surface area contributed by atoms with Gasteiger partial charge in [0.25, 0.3) is 5.91 Å². The summed E-state index contributed by atoms with van der Waals surface area (Å²) in [6.45, 7) is 0.554. The highest BCUT2D eigenvalue weighted by molar-refractivity contribution is 9.10. The average Bonchev–Trinajstić information content (AvgIpc) is 2.82. The van der Waals surface area contributed by atoms with E-state index in [-0.39, 0.29) is 12.5 Å². The number of anilines is 1. The van der Waals surface area contributed by atoms with Crippen LogP contribution in [-0.4, -0.2) is 18.7 Å². The van der Waals surface area contributed by atoms with Crippen LogP contribution in [0.2, 0.25) is 0 Å². The first-order valence-corrected chi connectivity index (χ1v) is 11.0. The predicted octanol–water partition coefficient (Wildman–Crippen LogP) is 5.74. The highest BCUT2D eigenvalue weighted by Gasteiger charge is 2.05. The molecule has 5 nitrogen and oxygen atoms in total. The molecule has 6 heteroatoms. The van der Waals surface area contributed by atoms with Crippen LogP contribution in [-0.2, 0) is 11.4 Å². The number of amides is 1. The summed E-state index contributed by atoms with van der Waals surface area (Å²) >= 11 is 3.47. The lowest BCUT2D eigenvalue weighted by Crippen LogP contribution is -2.25. The molecular formula is C26H22BrN3O2. The Morgan fingerprint density at radius 2 is 1.72 bits per heavy atom. The summed E-state index contributed by atoms with van der Waals surface area (Å²) < 4.78 is 6.95. The van der Waals surface area contributed by atoms with Gasteiger partial charge < -0.3 is 10.1 Å². The molecule has 0 saturated heterocycles. The molecule has 160 valence electrons. The fourth-order valence-corrected chi connectivity index (χ4v) is 3.72. The maximum absolute atomic E-state index is 12.2. The number of ether oxygens (including phenoxy) is 1. The largest absolute Gasteiger partial charge is 0.488 e. The summed E-state index contributed by atoms with van der Waals surface area (Å²) in [7, 11) is 0. The molecule has 0 aliphatic carbocycles. The van der Waals surface area contributed by atoms with Gasteiger partial charge in [-0.3, -0.25) is 4.79 Å². The molecule has 4 aromatic rings. The summed E-state index contributed by atoms with van der Waals surface area (Å²) in [5, 5.41) is 9.46. The van der Waals surface area contributed by atoms with Gasteiger partial charge in [0, 0.05) is 21.1 Å². The van der Waals surface area contributed by atoms with Gasteiger partial charge in [0.2, 0.25) is 0 Å². The molecule has 0 bridgehead atoms. The van der Waals surface area contributed by atoms with Crippen molar-refractivity contribution in [1.82, 2.24) is 5.43 Å². The highest BCUT2D eigenvalue weighted by atomic mass is 79.9. The van der Waals surface area contributed by atoms with E-state index in [1.807, 2.05) is 91.0 Å². The first kappa shape index (κ1) is 21.6. The van der Waals surface area contributed by atoms with Crippen molar-refractivity contribution in [3.05, 3.63) is 107 Å². The fraction of sp³-hybridized carbons (Fsp3) is 0.0769. The van der Waals surface area contributed by atoms with Crippen molar-refractivity contribution < 1.29 is 9.53 Å². The van der Waals surface area contributed by atoms with Crippen molar-refractivity contribution in [2.75, 3.05) is 11.9 Å². The molecule has 0 saturated carbocycles. The van der Waals surface area contributed by atoms with Crippen LogP contribution in [0.4, 0.5) is 5.69 Å². The number of nitrogens with zero attached hydrogens (tertiary/aromatic N) is 1. The Labute approximate surface area is 195 Å². The smallest absolute Gasteiger partial charge is 0.259 e. The Morgan fingerprint density at radius 3 is 2.62 bits per heavy atom. The molecule has 0 heterocycles. The van der Waals surface area contributed by atoms with E-state index >= 15 is 0 Å². The van der Waals surface area contributed by atoms with Gasteiger partial charge >= 0.3 is 0 Å². The third-order valence-electron chi connectivity index (χ3n) is 4.82. The van der Waals surface area contributed by atoms with Crippen LogP contribution in [0.1, 0.15) is 11.1 Å². The molecule has 4 aromatic carbocycles. The van der Waals surface area contributed by atoms with Crippen LogP contribution in [0.3, 0.4) is 0 Å². The van der Waals surface area contributed by atoms with Gasteiger partial charge in [0.05, 0.1) is 12.8 Å². The number of rotatable bonds is 8. The lowest BCUT2D eigenvalue weighted by Gasteiger charge is -2.10. The third-order valence-corrected chi connectivity index (χ3v) is 5.32. The molecule has 0 fully saturated rings. The maximum Gasteiger partial charge on any atom is 0.259 e. The number of carbonyl (C=O) groups is 1. The van der Waals surface area contributed by atoms with E-state index in [1.165, 1.54) is 0 Å². The molecule has 2 N–H and O–H groups in total. The van der Waals surface area contributed by atoms with E-state index in [2.05, 4.69) is 31.8 Å². The van der Waals surface area contributed by atoms with E-state index in [0.717, 1.165) is 32.1 Å². The number of halogens is 1. The zero-order valence-corrected chi connectivity index (χ0v) is 18.9. The maximum atomic E-state index is 12.2. The fourth-order valence-electron chi connectivity index (χ4n) is 3.27. The van der Waals surface area contributed by atoms with Crippen molar-refractivity contribution in [2.24, 2.45) is 5.10 Å². The molecular weight excluding hydrogens is 466 g/mol. The first-order chi connectivity index (χ1) is 15.7. The molecule has 0 unspecified atom stereocenters. The lowest BCUT2D eigenvalue weighted by atomic mass is 10.1. The van der Waals surface area contributed by atoms with Gasteiger partial charge in [0.1, 0.15) is 12.4 Å². The average molecular weight is 488 g/mol. The van der Waals surface area contributed by atoms with Gasteiger partial charge in [0.15, 0.2) is 0 Å². The van der Waals surface area contributed by atoms with Gasteiger partial charge in [-0.15, -0.1) is 0 Å². The number of carbonyl (C=O) groups excluding carboxylic acids is 1. The molecule has 0 atom stereocenters. The second-order valence-corrected chi connectivity index (χ2v) is 8.05. The minimum Gasteiger partial charge on any atom is -0.488 e. The number of hydrazone groups is 1. The topological polar surface area (TPSA) is 62.7 Å². The Morgan fingerprint density at radius 1 is 0.938 bits per heavy atom. The van der Waals surface area contributed by atoms with Crippen molar-refractivity contribution in [3.8, 4) is 5.75 Å². The molecule has 0 radical (unpaired) electrons. The Balaban J connectivity index is 1.33. The van der Waals surface area contributed by atoms with Crippen LogP contribution >= 0.6 is 15.9 Å². The summed E-state index contributed by atoms with van der Waals surface area (Å²) in [6.07, 6.45) is 1.59. The van der Waals surface area contributed by atoms with E-state index in [1.54, 1.807) is 6.21 Å². The number of nitrogens with one attached hydrogen (secondary N) is 2. The minimum absolute atomic E-state index is 0.117. The van der Waals surface area contributed by atoms with Gasteiger partial charge in [-0.1, -0.05) is 76.6 Å². The van der Waals surface area contributed by atoms with Crippen LogP contribution in [0, 0.1) is 0 Å². The zero-order chi connectivity index (χ0) is 22.2. The van der Waals surface area contributed by atoms with E-state index in [9.17, 15) is 4.79 Å². The number of hydrogen-bond donors (Lipinski definition) is 2. The van der Waals surface area contributed by atoms with Crippen molar-refractivity contribution in [3.63, 3.8) is 0 Å². The quantitative estimate of drug-likeness (QED) is 0.246. The molecule has 32 heavy (non-hydrogen) atoms. The normalized spacial score (nSPS) is 10.9. The molecule has 0 aromatic heterocycles. The number of para-hydroxylation sites is 1. The monoisotopic (exact) mass is 487 g/mol. The van der Waals surface area contributed by atoms with Crippen molar-refractivity contribution >= 4 is 44.5 Å². The van der Waals surface area contributed by atoms with Crippen LogP contribution in [0.5, 0.6) is 5.75 Å². The van der Waals surface area contributed by atoms with Crippen molar-refractivity contribution in [2.45, 2.75) is 6.61 Å². The van der Waals surface area contributed by atoms with Crippen LogP contribution in [0.15, 0.2) is 101 Å². The second kappa shape index (κ2) is 10.6. The van der Waals surface area contributed by atoms with Gasteiger partial charge in [-0.2, -0.15) is 5.10 Å². The van der Waals surface area contributed by atoms with Crippen molar-refractivity contribution in [1.29, 1.82) is 0 Å². The van der Waals surface area contributed by atoms with Crippen LogP contribution < -0.4 is 15.5 Å². The standard InChI is InChI=1S/C26H22BrN3O2/c27-22-11-5-7-19(15-22)18-32-25-14-4-2-9-21(25)16-29-30-26(31)17-28-24-13-6-10-20-8-1-3-12-23(20)24/h1-16,28H,17-18H2,(H,30,31)/b29-16-. The minimum atomic E-state index is -0.235. The summed E-state index contributed by atoms with van der Waals surface area (Å²) in [5.41, 5.74) is 5.31. The van der Waals surface area contributed by atoms with E-state index in [0.29, 0.717) is 12.4 Å². The number of hydrogen-bond acceptors (Lipinski definition) is 4. The predicted molar refractivity (Wildman–Crippen MR) is 133 cm³/mol. The summed E-state index contributed by atoms with van der Waals surface area (Å²) in [6, 6.07) is 29.5. The number of benzene rings is 4. The van der Waals surface area contributed by atoms with Crippen LogP contribution in [0.25, 0.3) is 10.8 Å². The Kier molecular flexibility index (Phi) is 7.15. The summed E-state index contributed by atoms with van der Waals surface area (Å²) in [4.78, 5) is 12.2. The van der Waals surface area contributed by atoms with E-state index < -0.39 is 0 Å². The van der Waals surface area contributed by atoms with Gasteiger partial charge in [-0.25, -0.2) is 5.43 Å². The Bertz CT molecular complexity index is 1250. The summed E-state index contributed by atoms with van der Waals surface area (Å²) in [5.74, 6) is 0.459. The lowest BCUT2D eigenvalue weighted by molar-refractivity contribution is -0.119. The molecule has 0 spiro atoms. The second-order valence-electron chi connectivity index (χ2n) is 7.13. The third kappa shape index (κ3) is 5.74. The molecule has 0 aliphatic heterocycles. The molecule has 0 aliphatic rings. The first-order valence-electron chi connectivity index (χ1n) is 10.2. The van der Waals surface area contributed by atoms with E-state index in [4.69, 9.17) is 4.74 Å².